The molecule has 2 saturated carbocycles. The predicted octanol–water partition coefficient (Wildman–Crippen LogP) is 2.20. The first-order valence-electron chi connectivity index (χ1n) is 7.19. The molecule has 2 atom stereocenters. The van der Waals surface area contributed by atoms with Crippen LogP contribution in [0.1, 0.15) is 58.3 Å². The molecule has 0 aromatic heterocycles. The fourth-order valence-electron chi connectivity index (χ4n) is 3.16. The average molecular weight is 238 g/mol. The molecule has 2 unspecified atom stereocenters. The molecule has 0 aliphatic heterocycles. The van der Waals surface area contributed by atoms with Crippen molar-refractivity contribution in [3.63, 3.8) is 0 Å². The smallest absolute Gasteiger partial charge is 0.227 e. The predicted molar refractivity (Wildman–Crippen MR) is 69.5 cm³/mol. The molecule has 2 fully saturated rings. The number of hydrogen-bond acceptors (Lipinski definition) is 2. The third-order valence-corrected chi connectivity index (χ3v) is 4.86. The number of hydrogen-bond donors (Lipinski definition) is 2. The fraction of sp³-hybridized carbons (Fsp3) is 0.929. The van der Waals surface area contributed by atoms with Crippen LogP contribution in [0.25, 0.3) is 0 Å². The normalized spacial score (nSPS) is 32.4. The lowest BCUT2D eigenvalue weighted by Crippen LogP contribution is -2.53. The molecule has 98 valence electrons. The molecule has 0 heterocycles. The van der Waals surface area contributed by atoms with E-state index >= 15 is 0 Å². The molecule has 0 saturated heterocycles. The topological polar surface area (TPSA) is 55.1 Å². The molecule has 0 aromatic rings. The van der Waals surface area contributed by atoms with Gasteiger partial charge in [-0.25, -0.2) is 0 Å². The largest absolute Gasteiger partial charge is 0.353 e. The van der Waals surface area contributed by atoms with E-state index in [1.807, 2.05) is 0 Å². The van der Waals surface area contributed by atoms with E-state index in [9.17, 15) is 4.79 Å². The Balaban J connectivity index is 1.92. The molecule has 2 aliphatic rings. The summed E-state index contributed by atoms with van der Waals surface area (Å²) in [4.78, 5) is 12.3. The van der Waals surface area contributed by atoms with Gasteiger partial charge in [0, 0.05) is 12.6 Å². The van der Waals surface area contributed by atoms with Crippen molar-refractivity contribution in [3.8, 4) is 0 Å². The van der Waals surface area contributed by atoms with Crippen LogP contribution in [0.5, 0.6) is 0 Å². The summed E-state index contributed by atoms with van der Waals surface area (Å²) in [6.07, 6.45) is 9.41. The molecule has 2 aliphatic carbocycles. The van der Waals surface area contributed by atoms with Crippen LogP contribution in [-0.2, 0) is 4.79 Å². The Bertz CT molecular complexity index is 268. The maximum absolute atomic E-state index is 12.3. The molecule has 3 N–H and O–H groups in total. The van der Waals surface area contributed by atoms with E-state index in [0.29, 0.717) is 18.5 Å². The van der Waals surface area contributed by atoms with Gasteiger partial charge in [-0.05, 0) is 31.6 Å². The molecule has 1 amide bonds. The molecule has 0 spiro atoms. The van der Waals surface area contributed by atoms with Crippen LogP contribution in [0.4, 0.5) is 0 Å². The Labute approximate surface area is 105 Å². The Hall–Kier alpha value is -0.570. The summed E-state index contributed by atoms with van der Waals surface area (Å²) in [6, 6.07) is 0.383. The molecule has 3 heteroatoms. The maximum atomic E-state index is 12.3. The molecular weight excluding hydrogens is 212 g/mol. The number of amides is 1. The first kappa shape index (κ1) is 12.9. The minimum Gasteiger partial charge on any atom is -0.353 e. The monoisotopic (exact) mass is 238 g/mol. The average Bonchev–Trinajstić information content (AvgIpc) is 2.44. The molecule has 0 aromatic carbocycles. The fourth-order valence-corrected chi connectivity index (χ4v) is 3.16. The van der Waals surface area contributed by atoms with Gasteiger partial charge in [-0.1, -0.05) is 32.6 Å². The summed E-state index contributed by atoms with van der Waals surface area (Å²) < 4.78 is 0. The van der Waals surface area contributed by atoms with Crippen molar-refractivity contribution in [2.24, 2.45) is 17.1 Å². The Morgan fingerprint density at radius 2 is 1.94 bits per heavy atom. The summed E-state index contributed by atoms with van der Waals surface area (Å²) in [5, 5.41) is 3.28. The summed E-state index contributed by atoms with van der Waals surface area (Å²) in [7, 11) is 0. The van der Waals surface area contributed by atoms with E-state index in [2.05, 4.69) is 12.2 Å². The summed E-state index contributed by atoms with van der Waals surface area (Å²) in [6.45, 7) is 2.78. The van der Waals surface area contributed by atoms with Crippen LogP contribution in [0.2, 0.25) is 0 Å². The van der Waals surface area contributed by atoms with Gasteiger partial charge in [-0.2, -0.15) is 0 Å². The lowest BCUT2D eigenvalue weighted by molar-refractivity contribution is -0.136. The molecule has 3 nitrogen and oxygen atoms in total. The van der Waals surface area contributed by atoms with Gasteiger partial charge in [-0.15, -0.1) is 0 Å². The molecular formula is C14H26N2O. The van der Waals surface area contributed by atoms with Crippen molar-refractivity contribution in [2.75, 3.05) is 6.54 Å². The van der Waals surface area contributed by atoms with Crippen molar-refractivity contribution in [3.05, 3.63) is 0 Å². The quantitative estimate of drug-likeness (QED) is 0.741. The van der Waals surface area contributed by atoms with Gasteiger partial charge in [0.25, 0.3) is 0 Å². The second-order valence-corrected chi connectivity index (χ2v) is 6.03. The van der Waals surface area contributed by atoms with Crippen molar-refractivity contribution in [1.29, 1.82) is 0 Å². The van der Waals surface area contributed by atoms with Gasteiger partial charge in [0.1, 0.15) is 0 Å². The zero-order chi connectivity index (χ0) is 12.3. The highest BCUT2D eigenvalue weighted by Gasteiger charge is 2.43. The van der Waals surface area contributed by atoms with Gasteiger partial charge in [0.05, 0.1) is 5.41 Å². The van der Waals surface area contributed by atoms with Gasteiger partial charge >= 0.3 is 0 Å². The Kier molecular flexibility index (Phi) is 4.08. The van der Waals surface area contributed by atoms with Crippen molar-refractivity contribution in [2.45, 2.75) is 64.3 Å². The minimum atomic E-state index is -0.216. The first-order valence-corrected chi connectivity index (χ1v) is 7.19. The standard InChI is InChI=1S/C14H26N2O/c1-11-6-3-2-4-7-12(11)16-13(17)14(10-15)8-5-9-14/h11-12H,2-10,15H2,1H3,(H,16,17). The summed E-state index contributed by atoms with van der Waals surface area (Å²) >= 11 is 0. The second-order valence-electron chi connectivity index (χ2n) is 6.03. The van der Waals surface area contributed by atoms with Crippen molar-refractivity contribution >= 4 is 5.91 Å². The molecule has 0 bridgehead atoms. The van der Waals surface area contributed by atoms with E-state index in [1.54, 1.807) is 0 Å². The van der Waals surface area contributed by atoms with Crippen LogP contribution < -0.4 is 11.1 Å². The highest BCUT2D eigenvalue weighted by atomic mass is 16.2. The third-order valence-electron chi connectivity index (χ3n) is 4.86. The summed E-state index contributed by atoms with van der Waals surface area (Å²) in [5.74, 6) is 0.848. The van der Waals surface area contributed by atoms with Gasteiger partial charge in [-0.3, -0.25) is 4.79 Å². The highest BCUT2D eigenvalue weighted by Crippen LogP contribution is 2.40. The third kappa shape index (κ3) is 2.65. The molecule has 0 radical (unpaired) electrons. The maximum Gasteiger partial charge on any atom is 0.227 e. The SMILES string of the molecule is CC1CCCCCC1NC(=O)C1(CN)CCC1. The lowest BCUT2D eigenvalue weighted by atomic mass is 9.68. The van der Waals surface area contributed by atoms with Gasteiger partial charge < -0.3 is 11.1 Å². The van der Waals surface area contributed by atoms with E-state index in [1.165, 1.54) is 25.7 Å². The number of nitrogens with two attached hydrogens (primary N) is 1. The van der Waals surface area contributed by atoms with Crippen LogP contribution >= 0.6 is 0 Å². The van der Waals surface area contributed by atoms with Crippen LogP contribution in [0, 0.1) is 11.3 Å². The molecule has 2 rings (SSSR count). The Morgan fingerprint density at radius 1 is 1.24 bits per heavy atom. The summed E-state index contributed by atoms with van der Waals surface area (Å²) in [5.41, 5.74) is 5.56. The zero-order valence-electron chi connectivity index (χ0n) is 11.0. The van der Waals surface area contributed by atoms with E-state index < -0.39 is 0 Å². The van der Waals surface area contributed by atoms with Crippen LogP contribution in [0.3, 0.4) is 0 Å². The van der Waals surface area contributed by atoms with Gasteiger partial charge in [0.2, 0.25) is 5.91 Å². The minimum absolute atomic E-state index is 0.216. The van der Waals surface area contributed by atoms with E-state index in [-0.39, 0.29) is 11.3 Å². The van der Waals surface area contributed by atoms with E-state index in [4.69, 9.17) is 5.73 Å². The second kappa shape index (κ2) is 5.38. The van der Waals surface area contributed by atoms with Crippen molar-refractivity contribution in [1.82, 2.24) is 5.32 Å². The number of carbonyl (C=O) groups excluding carboxylic acids is 1. The highest BCUT2D eigenvalue weighted by molar-refractivity contribution is 5.84. The first-order chi connectivity index (χ1) is 8.18. The Morgan fingerprint density at radius 3 is 2.53 bits per heavy atom. The number of rotatable bonds is 3. The lowest BCUT2D eigenvalue weighted by Gasteiger charge is -2.40. The zero-order valence-corrected chi connectivity index (χ0v) is 11.0. The van der Waals surface area contributed by atoms with Crippen molar-refractivity contribution < 1.29 is 4.79 Å². The molecule has 17 heavy (non-hydrogen) atoms. The van der Waals surface area contributed by atoms with Crippen LogP contribution in [0.15, 0.2) is 0 Å². The van der Waals surface area contributed by atoms with E-state index in [0.717, 1.165) is 25.7 Å². The van der Waals surface area contributed by atoms with Crippen LogP contribution in [-0.4, -0.2) is 18.5 Å². The van der Waals surface area contributed by atoms with Gasteiger partial charge in [0.15, 0.2) is 0 Å². The number of nitrogens with one attached hydrogen (secondary N) is 1. The number of carbonyl (C=O) groups is 1.